The molecule has 0 radical (unpaired) electrons. The lowest BCUT2D eigenvalue weighted by Gasteiger charge is -2.38. The number of carbonyl (C=O) groups excluding carboxylic acids is 2. The highest BCUT2D eigenvalue weighted by Gasteiger charge is 2.33. The molecular weight excluding hydrogens is 274 g/mol. The second kappa shape index (κ2) is 7.45. The number of rotatable bonds is 3. The molecule has 0 saturated carbocycles. The van der Waals surface area contributed by atoms with Gasteiger partial charge in [-0.05, 0) is 34.6 Å². The van der Waals surface area contributed by atoms with Crippen molar-refractivity contribution < 1.29 is 23.8 Å². The Labute approximate surface area is 126 Å². The molecule has 0 aromatic heterocycles. The van der Waals surface area contributed by atoms with Crippen molar-refractivity contribution in [3.63, 3.8) is 0 Å². The molecule has 1 fully saturated rings. The summed E-state index contributed by atoms with van der Waals surface area (Å²) >= 11 is 0. The van der Waals surface area contributed by atoms with Crippen LogP contribution < -0.4 is 0 Å². The van der Waals surface area contributed by atoms with Crippen LogP contribution in [0.1, 0.15) is 34.6 Å². The van der Waals surface area contributed by atoms with E-state index < -0.39 is 17.7 Å². The van der Waals surface area contributed by atoms with E-state index in [1.165, 1.54) is 6.08 Å². The Morgan fingerprint density at radius 3 is 2.62 bits per heavy atom. The lowest BCUT2D eigenvalue weighted by molar-refractivity contribution is -0.137. The second-order valence-electron chi connectivity index (χ2n) is 5.85. The second-order valence-corrected chi connectivity index (χ2v) is 5.85. The molecule has 1 heterocycles. The molecular formula is C15H25NO5. The number of esters is 1. The van der Waals surface area contributed by atoms with Crippen molar-refractivity contribution >= 4 is 12.1 Å². The fourth-order valence-electron chi connectivity index (χ4n) is 2.00. The van der Waals surface area contributed by atoms with E-state index in [1.54, 1.807) is 17.9 Å². The number of amides is 1. The van der Waals surface area contributed by atoms with Gasteiger partial charge in [-0.25, -0.2) is 9.59 Å². The van der Waals surface area contributed by atoms with Crippen LogP contribution in [0.5, 0.6) is 0 Å². The molecule has 1 aliphatic heterocycles. The molecule has 0 spiro atoms. The fraction of sp³-hybridized carbons (Fsp3) is 0.733. The summed E-state index contributed by atoms with van der Waals surface area (Å²) in [7, 11) is 0. The van der Waals surface area contributed by atoms with Crippen LogP contribution in [0.3, 0.4) is 0 Å². The van der Waals surface area contributed by atoms with E-state index in [1.807, 2.05) is 27.7 Å². The Hall–Kier alpha value is -1.56. The largest absolute Gasteiger partial charge is 0.463 e. The maximum Gasteiger partial charge on any atom is 0.410 e. The first-order valence-electron chi connectivity index (χ1n) is 7.20. The molecule has 1 rings (SSSR count). The Morgan fingerprint density at radius 2 is 2.05 bits per heavy atom. The molecule has 1 aliphatic rings. The minimum absolute atomic E-state index is 0.211. The Kier molecular flexibility index (Phi) is 6.20. The first kappa shape index (κ1) is 17.5. The van der Waals surface area contributed by atoms with Crippen LogP contribution in [0.4, 0.5) is 4.79 Å². The van der Waals surface area contributed by atoms with Gasteiger partial charge in [0, 0.05) is 12.6 Å². The minimum Gasteiger partial charge on any atom is -0.463 e. The summed E-state index contributed by atoms with van der Waals surface area (Å²) in [6.45, 7) is 10.2. The van der Waals surface area contributed by atoms with E-state index in [4.69, 9.17) is 14.2 Å². The standard InChI is InChI=1S/C15H25NO5/c1-6-19-13(17)8-7-12-11(2)20-10-9-16(12)14(18)21-15(3,4)5/h7-8,11-12H,6,9-10H2,1-5H3/b8-7+. The van der Waals surface area contributed by atoms with Crippen LogP contribution in [0, 0.1) is 0 Å². The van der Waals surface area contributed by atoms with Gasteiger partial charge < -0.3 is 14.2 Å². The molecule has 120 valence electrons. The first-order valence-corrected chi connectivity index (χ1v) is 7.20. The van der Waals surface area contributed by atoms with Gasteiger partial charge in [0.1, 0.15) is 5.60 Å². The number of nitrogens with zero attached hydrogens (tertiary/aromatic N) is 1. The SMILES string of the molecule is CCOC(=O)/C=C/C1C(C)OCCN1C(=O)OC(C)(C)C. The van der Waals surface area contributed by atoms with Gasteiger partial charge in [-0.15, -0.1) is 0 Å². The molecule has 0 bridgehead atoms. The summed E-state index contributed by atoms with van der Waals surface area (Å²) in [5.41, 5.74) is -0.561. The van der Waals surface area contributed by atoms with Crippen molar-refractivity contribution in [2.24, 2.45) is 0 Å². The minimum atomic E-state index is -0.561. The molecule has 6 heteroatoms. The van der Waals surface area contributed by atoms with E-state index >= 15 is 0 Å². The van der Waals surface area contributed by atoms with Gasteiger partial charge in [0.15, 0.2) is 0 Å². The highest BCUT2D eigenvalue weighted by molar-refractivity contribution is 5.82. The van der Waals surface area contributed by atoms with Gasteiger partial charge in [-0.3, -0.25) is 4.90 Å². The van der Waals surface area contributed by atoms with Crippen molar-refractivity contribution in [1.29, 1.82) is 0 Å². The van der Waals surface area contributed by atoms with Crippen LogP contribution in [0.2, 0.25) is 0 Å². The molecule has 2 atom stereocenters. The predicted molar refractivity (Wildman–Crippen MR) is 77.9 cm³/mol. The van der Waals surface area contributed by atoms with Crippen molar-refractivity contribution in [1.82, 2.24) is 4.90 Å². The third-order valence-electron chi connectivity index (χ3n) is 2.90. The van der Waals surface area contributed by atoms with Crippen molar-refractivity contribution in [2.45, 2.75) is 52.4 Å². The van der Waals surface area contributed by atoms with Crippen molar-refractivity contribution in [3.8, 4) is 0 Å². The molecule has 1 amide bonds. The van der Waals surface area contributed by atoms with Gasteiger partial charge in [-0.1, -0.05) is 6.08 Å². The molecule has 0 aromatic carbocycles. The Bertz CT molecular complexity index is 399. The summed E-state index contributed by atoms with van der Waals surface area (Å²) < 4.78 is 15.8. The van der Waals surface area contributed by atoms with Gasteiger partial charge in [0.05, 0.1) is 25.4 Å². The number of morpholine rings is 1. The lowest BCUT2D eigenvalue weighted by Crippen LogP contribution is -2.53. The monoisotopic (exact) mass is 299 g/mol. The fourth-order valence-corrected chi connectivity index (χ4v) is 2.00. The van der Waals surface area contributed by atoms with Gasteiger partial charge in [-0.2, -0.15) is 0 Å². The average molecular weight is 299 g/mol. The van der Waals surface area contributed by atoms with Crippen LogP contribution in [-0.2, 0) is 19.0 Å². The van der Waals surface area contributed by atoms with Gasteiger partial charge in [0.2, 0.25) is 0 Å². The summed E-state index contributed by atoms with van der Waals surface area (Å²) in [4.78, 5) is 25.2. The smallest absolute Gasteiger partial charge is 0.410 e. The van der Waals surface area contributed by atoms with Crippen LogP contribution in [-0.4, -0.2) is 54.5 Å². The molecule has 21 heavy (non-hydrogen) atoms. The van der Waals surface area contributed by atoms with E-state index in [2.05, 4.69) is 0 Å². The maximum atomic E-state index is 12.2. The zero-order valence-corrected chi connectivity index (χ0v) is 13.4. The van der Waals surface area contributed by atoms with E-state index in [0.717, 1.165) is 0 Å². The van der Waals surface area contributed by atoms with Crippen molar-refractivity contribution in [3.05, 3.63) is 12.2 Å². The number of hydrogen-bond donors (Lipinski definition) is 0. The van der Waals surface area contributed by atoms with Gasteiger partial charge in [0.25, 0.3) is 0 Å². The highest BCUT2D eigenvalue weighted by atomic mass is 16.6. The van der Waals surface area contributed by atoms with Crippen LogP contribution in [0.25, 0.3) is 0 Å². The summed E-state index contributed by atoms with van der Waals surface area (Å²) in [6, 6.07) is -0.349. The first-order chi connectivity index (χ1) is 9.74. The van der Waals surface area contributed by atoms with E-state index in [0.29, 0.717) is 19.8 Å². The third-order valence-corrected chi connectivity index (χ3v) is 2.90. The lowest BCUT2D eigenvalue weighted by atomic mass is 10.1. The molecule has 0 N–H and O–H groups in total. The van der Waals surface area contributed by atoms with E-state index in [9.17, 15) is 9.59 Å². The number of ether oxygens (including phenoxy) is 3. The third kappa shape index (κ3) is 5.75. The van der Waals surface area contributed by atoms with Gasteiger partial charge >= 0.3 is 12.1 Å². The zero-order valence-electron chi connectivity index (χ0n) is 13.4. The quantitative estimate of drug-likeness (QED) is 0.590. The molecule has 6 nitrogen and oxygen atoms in total. The van der Waals surface area contributed by atoms with Crippen LogP contribution in [0.15, 0.2) is 12.2 Å². The number of hydrogen-bond acceptors (Lipinski definition) is 5. The summed E-state index contributed by atoms with van der Waals surface area (Å²) in [5.74, 6) is -0.431. The molecule has 1 saturated heterocycles. The summed E-state index contributed by atoms with van der Waals surface area (Å²) in [5, 5.41) is 0. The molecule has 0 aromatic rings. The van der Waals surface area contributed by atoms with E-state index in [-0.39, 0.29) is 12.1 Å². The number of carbonyl (C=O) groups is 2. The Morgan fingerprint density at radius 1 is 1.38 bits per heavy atom. The predicted octanol–water partition coefficient (Wildman–Crippen LogP) is 2.13. The van der Waals surface area contributed by atoms with Crippen molar-refractivity contribution in [2.75, 3.05) is 19.8 Å². The molecule has 2 unspecified atom stereocenters. The average Bonchev–Trinajstić information content (AvgIpc) is 2.35. The molecule has 0 aliphatic carbocycles. The topological polar surface area (TPSA) is 65.1 Å². The zero-order chi connectivity index (χ0) is 16.0. The Balaban J connectivity index is 2.79. The maximum absolute atomic E-state index is 12.2. The van der Waals surface area contributed by atoms with Crippen LogP contribution >= 0.6 is 0 Å². The highest BCUT2D eigenvalue weighted by Crippen LogP contribution is 2.19. The summed E-state index contributed by atoms with van der Waals surface area (Å²) in [6.07, 6.45) is 2.34. The normalized spacial score (nSPS) is 23.2.